The first-order valence-corrected chi connectivity index (χ1v) is 13.2. The predicted octanol–water partition coefficient (Wildman–Crippen LogP) is 6.88. The topological polar surface area (TPSA) is 41.1 Å². The number of fused-ring (bicyclic) bond motifs is 1. The second-order valence-electron chi connectivity index (χ2n) is 10.6. The van der Waals surface area contributed by atoms with E-state index in [9.17, 15) is 18.0 Å². The summed E-state index contributed by atoms with van der Waals surface area (Å²) in [6, 6.07) is 3.66. The van der Waals surface area contributed by atoms with Gasteiger partial charge in [0.15, 0.2) is 0 Å². The summed E-state index contributed by atoms with van der Waals surface area (Å²) in [5.41, 5.74) is 5.95. The standard InChI is InChI=1S/C27H37F3N2OS/c1-17-8-9-21-22(12-20(32-16-27(28,29)30)13-24(21)26(3,4)5)18(2)11-23(17)25(33)31-14-19-7-6-10-34-15-19/h11-13,19,32H,6-10,14-16H2,1-5H3,(H,31,33). The first kappa shape index (κ1) is 26.7. The van der Waals surface area contributed by atoms with Gasteiger partial charge in [0.2, 0.25) is 0 Å². The zero-order chi connectivity index (χ0) is 25.1. The quantitative estimate of drug-likeness (QED) is 0.469. The zero-order valence-corrected chi connectivity index (χ0v) is 21.7. The molecule has 1 amide bonds. The highest BCUT2D eigenvalue weighted by molar-refractivity contribution is 7.99. The number of rotatable bonds is 5. The number of hydrogen-bond donors (Lipinski definition) is 2. The molecule has 1 aliphatic carbocycles. The molecular formula is C27H37F3N2OS. The normalized spacial score (nSPS) is 19.6. The van der Waals surface area contributed by atoms with Gasteiger partial charge in [-0.05, 0) is 103 Å². The van der Waals surface area contributed by atoms with Gasteiger partial charge < -0.3 is 10.6 Å². The maximum Gasteiger partial charge on any atom is 0.405 e. The van der Waals surface area contributed by atoms with Crippen LogP contribution in [0.2, 0.25) is 0 Å². The van der Waals surface area contributed by atoms with Crippen LogP contribution in [0.25, 0.3) is 5.57 Å². The summed E-state index contributed by atoms with van der Waals surface area (Å²) in [5.74, 6) is 2.74. The van der Waals surface area contributed by atoms with Crippen molar-refractivity contribution >= 4 is 28.9 Å². The Morgan fingerprint density at radius 3 is 2.50 bits per heavy atom. The predicted molar refractivity (Wildman–Crippen MR) is 137 cm³/mol. The van der Waals surface area contributed by atoms with Crippen LogP contribution in [0, 0.1) is 5.92 Å². The Morgan fingerprint density at radius 1 is 1.15 bits per heavy atom. The monoisotopic (exact) mass is 494 g/mol. The molecule has 0 radical (unpaired) electrons. The Morgan fingerprint density at radius 2 is 1.88 bits per heavy atom. The highest BCUT2D eigenvalue weighted by Gasteiger charge is 2.28. The number of anilines is 1. The third-order valence-electron chi connectivity index (χ3n) is 6.60. The van der Waals surface area contributed by atoms with Crippen molar-refractivity contribution in [2.45, 2.75) is 71.9 Å². The van der Waals surface area contributed by atoms with E-state index < -0.39 is 12.7 Å². The van der Waals surface area contributed by atoms with Gasteiger partial charge in [-0.1, -0.05) is 26.3 Å². The van der Waals surface area contributed by atoms with Crippen molar-refractivity contribution in [2.24, 2.45) is 5.92 Å². The number of amides is 1. The number of carbonyl (C=O) groups is 1. The van der Waals surface area contributed by atoms with Gasteiger partial charge in [0.05, 0.1) is 0 Å². The smallest absolute Gasteiger partial charge is 0.376 e. The lowest BCUT2D eigenvalue weighted by Crippen LogP contribution is -2.32. The fraction of sp³-hybridized carbons (Fsp3) is 0.593. The highest BCUT2D eigenvalue weighted by atomic mass is 32.2. The summed E-state index contributed by atoms with van der Waals surface area (Å²) in [5, 5.41) is 5.69. The second kappa shape index (κ2) is 10.8. The second-order valence-corrected chi connectivity index (χ2v) is 11.7. The number of halogens is 3. The Labute approximate surface area is 206 Å². The highest BCUT2D eigenvalue weighted by Crippen LogP contribution is 2.37. The van der Waals surface area contributed by atoms with Crippen LogP contribution in [0.3, 0.4) is 0 Å². The largest absolute Gasteiger partial charge is 0.405 e. The molecule has 0 saturated carbocycles. The molecule has 3 nitrogen and oxygen atoms in total. The third kappa shape index (κ3) is 7.06. The minimum absolute atomic E-state index is 0.0572. The van der Waals surface area contributed by atoms with Gasteiger partial charge in [-0.15, -0.1) is 0 Å². The maximum atomic E-state index is 13.1. The molecule has 0 aromatic heterocycles. The van der Waals surface area contributed by atoms with E-state index in [4.69, 9.17) is 0 Å². The lowest BCUT2D eigenvalue weighted by Gasteiger charge is -2.28. The molecule has 2 aliphatic rings. The van der Waals surface area contributed by atoms with E-state index in [2.05, 4.69) is 31.4 Å². The molecule has 1 aromatic carbocycles. The van der Waals surface area contributed by atoms with E-state index in [1.54, 1.807) is 6.07 Å². The van der Waals surface area contributed by atoms with Gasteiger partial charge in [0.1, 0.15) is 6.54 Å². The number of thioether (sulfide) groups is 1. The van der Waals surface area contributed by atoms with Crippen molar-refractivity contribution in [3.05, 3.63) is 46.0 Å². The van der Waals surface area contributed by atoms with Crippen LogP contribution in [0.15, 0.2) is 29.4 Å². The summed E-state index contributed by atoms with van der Waals surface area (Å²) in [4.78, 5) is 13.1. The van der Waals surface area contributed by atoms with Crippen molar-refractivity contribution in [1.29, 1.82) is 0 Å². The Kier molecular flexibility index (Phi) is 8.48. The van der Waals surface area contributed by atoms with Crippen LogP contribution in [-0.4, -0.2) is 36.7 Å². The molecule has 1 saturated heterocycles. The summed E-state index contributed by atoms with van der Waals surface area (Å²) in [6.07, 6.45) is 1.45. The van der Waals surface area contributed by atoms with Crippen LogP contribution >= 0.6 is 11.8 Å². The number of allylic oxidation sites excluding steroid dienone is 2. The number of carbonyl (C=O) groups excluding carboxylic acids is 1. The maximum absolute atomic E-state index is 13.1. The lowest BCUT2D eigenvalue weighted by molar-refractivity contribution is -0.117. The molecule has 1 aromatic rings. The molecule has 1 atom stereocenters. The van der Waals surface area contributed by atoms with Gasteiger partial charge in [-0.3, -0.25) is 4.79 Å². The SMILES string of the molecule is CC1=CC(C(=O)NCC2CCCSC2)=C(C)CCc2c1cc(NCC(F)(F)F)cc2C(C)(C)C. The van der Waals surface area contributed by atoms with Crippen molar-refractivity contribution in [1.82, 2.24) is 5.32 Å². The summed E-state index contributed by atoms with van der Waals surface area (Å²) >= 11 is 1.95. The van der Waals surface area contributed by atoms with Gasteiger partial charge in [-0.25, -0.2) is 0 Å². The van der Waals surface area contributed by atoms with E-state index in [1.165, 1.54) is 12.2 Å². The van der Waals surface area contributed by atoms with Crippen LogP contribution < -0.4 is 10.6 Å². The molecular weight excluding hydrogens is 457 g/mol. The molecule has 1 heterocycles. The third-order valence-corrected chi connectivity index (χ3v) is 7.88. The molecule has 0 bridgehead atoms. The van der Waals surface area contributed by atoms with E-state index in [0.29, 0.717) is 23.7 Å². The van der Waals surface area contributed by atoms with Crippen molar-refractivity contribution in [2.75, 3.05) is 29.9 Å². The van der Waals surface area contributed by atoms with Crippen molar-refractivity contribution < 1.29 is 18.0 Å². The molecule has 3 rings (SSSR count). The number of nitrogens with one attached hydrogen (secondary N) is 2. The van der Waals surface area contributed by atoms with Gasteiger partial charge in [-0.2, -0.15) is 24.9 Å². The molecule has 7 heteroatoms. The fourth-order valence-electron chi connectivity index (χ4n) is 4.69. The minimum atomic E-state index is -4.29. The van der Waals surface area contributed by atoms with Crippen LogP contribution in [0.1, 0.15) is 70.6 Å². The first-order chi connectivity index (χ1) is 15.8. The first-order valence-electron chi connectivity index (χ1n) is 12.1. The zero-order valence-electron chi connectivity index (χ0n) is 20.9. The summed E-state index contributed by atoms with van der Waals surface area (Å²) < 4.78 is 38.6. The molecule has 1 unspecified atom stereocenters. The van der Waals surface area contributed by atoms with E-state index in [1.807, 2.05) is 37.8 Å². The molecule has 188 valence electrons. The number of hydrogen-bond acceptors (Lipinski definition) is 3. The van der Waals surface area contributed by atoms with Crippen LogP contribution in [-0.2, 0) is 16.6 Å². The van der Waals surface area contributed by atoms with E-state index >= 15 is 0 Å². The fourth-order valence-corrected chi connectivity index (χ4v) is 5.85. The summed E-state index contributed by atoms with van der Waals surface area (Å²) in [7, 11) is 0. The number of alkyl halides is 3. The molecule has 34 heavy (non-hydrogen) atoms. The van der Waals surface area contributed by atoms with Gasteiger partial charge >= 0.3 is 6.18 Å². The van der Waals surface area contributed by atoms with E-state index in [0.717, 1.165) is 52.9 Å². The van der Waals surface area contributed by atoms with Crippen LogP contribution in [0.5, 0.6) is 0 Å². The average Bonchev–Trinajstić information content (AvgIpc) is 2.76. The lowest BCUT2D eigenvalue weighted by atomic mass is 9.78. The Bertz CT molecular complexity index is 967. The summed E-state index contributed by atoms with van der Waals surface area (Å²) in [6.45, 7) is 9.81. The Hall–Kier alpha value is -1.89. The molecule has 1 aliphatic heterocycles. The molecule has 2 N–H and O–H groups in total. The molecule has 0 spiro atoms. The molecule has 1 fully saturated rings. The van der Waals surface area contributed by atoms with Crippen molar-refractivity contribution in [3.63, 3.8) is 0 Å². The minimum Gasteiger partial charge on any atom is -0.376 e. The van der Waals surface area contributed by atoms with Crippen molar-refractivity contribution in [3.8, 4) is 0 Å². The van der Waals surface area contributed by atoms with Gasteiger partial charge in [0, 0.05) is 17.8 Å². The van der Waals surface area contributed by atoms with E-state index in [-0.39, 0.29) is 11.3 Å². The van der Waals surface area contributed by atoms with Crippen LogP contribution in [0.4, 0.5) is 18.9 Å². The average molecular weight is 495 g/mol. The number of benzene rings is 1. The Balaban J connectivity index is 1.92. The van der Waals surface area contributed by atoms with Gasteiger partial charge in [0.25, 0.3) is 5.91 Å².